The number of aromatic amines is 1. The van der Waals surface area contributed by atoms with Crippen molar-refractivity contribution in [3.8, 4) is 0 Å². The number of anilines is 2. The van der Waals surface area contributed by atoms with E-state index in [0.717, 1.165) is 48.1 Å². The van der Waals surface area contributed by atoms with E-state index in [2.05, 4.69) is 39.5 Å². The Balaban J connectivity index is 1.22. The number of carbonyl (C=O) groups is 2. The minimum absolute atomic E-state index is 0.0568. The Kier molecular flexibility index (Phi) is 6.73. The molecule has 1 atom stereocenters. The summed E-state index contributed by atoms with van der Waals surface area (Å²) in [4.78, 5) is 36.9. The number of benzene rings is 3. The quantitative estimate of drug-likeness (QED) is 0.415. The van der Waals surface area contributed by atoms with Crippen molar-refractivity contribution in [1.82, 2.24) is 15.2 Å². The third-order valence-corrected chi connectivity index (χ3v) is 7.76. The van der Waals surface area contributed by atoms with Crippen LogP contribution >= 0.6 is 0 Å². The van der Waals surface area contributed by atoms with Gasteiger partial charge in [-0.15, -0.1) is 0 Å². The van der Waals surface area contributed by atoms with Gasteiger partial charge in [0.25, 0.3) is 0 Å². The standard InChI is InChI=1S/C31H33N5O2/c37-30(36-16-8-10-23-9-4-7-15-29(23)36)28(21-24-22-32-27-14-6-5-13-26(24)27)33-31(38)35-19-17-34(18-20-35)25-11-2-1-3-12-25/h1-7,9,11-15,22,28,32H,8,10,16-21H2,(H,33,38)/t28-/m1/s1. The van der Waals surface area contributed by atoms with Crippen LogP contribution < -0.4 is 15.1 Å². The van der Waals surface area contributed by atoms with Crippen LogP contribution in [-0.4, -0.2) is 60.6 Å². The molecule has 4 aromatic rings. The Bertz CT molecular complexity index is 1420. The van der Waals surface area contributed by atoms with E-state index in [1.807, 2.05) is 70.6 Å². The number of H-pyrrole nitrogens is 1. The SMILES string of the molecule is O=C(N[C@H](Cc1c[nH]c2ccccc12)C(=O)N1CCCc2ccccc21)N1CCN(c2ccccc2)CC1. The van der Waals surface area contributed by atoms with Crippen molar-refractivity contribution < 1.29 is 9.59 Å². The van der Waals surface area contributed by atoms with Gasteiger partial charge in [-0.1, -0.05) is 54.6 Å². The maximum Gasteiger partial charge on any atom is 0.318 e. The molecule has 3 heterocycles. The predicted molar refractivity (Wildman–Crippen MR) is 152 cm³/mol. The van der Waals surface area contributed by atoms with Crippen molar-refractivity contribution in [3.05, 3.63) is 96.2 Å². The number of rotatable bonds is 5. The summed E-state index contributed by atoms with van der Waals surface area (Å²) in [5, 5.41) is 4.21. The summed E-state index contributed by atoms with van der Waals surface area (Å²) in [5.41, 5.74) is 5.36. The molecule has 7 nitrogen and oxygen atoms in total. The highest BCUT2D eigenvalue weighted by Gasteiger charge is 2.32. The van der Waals surface area contributed by atoms with Gasteiger partial charge in [-0.2, -0.15) is 0 Å². The largest absolute Gasteiger partial charge is 0.368 e. The van der Waals surface area contributed by atoms with Crippen molar-refractivity contribution in [2.75, 3.05) is 42.5 Å². The van der Waals surface area contributed by atoms with E-state index >= 15 is 0 Å². The Hall–Kier alpha value is -4.26. The van der Waals surface area contributed by atoms with Crippen LogP contribution in [0.4, 0.5) is 16.2 Å². The van der Waals surface area contributed by atoms with E-state index in [1.54, 1.807) is 0 Å². The molecule has 0 radical (unpaired) electrons. The zero-order valence-corrected chi connectivity index (χ0v) is 21.5. The fourth-order valence-corrected chi connectivity index (χ4v) is 5.72. The van der Waals surface area contributed by atoms with Gasteiger partial charge in [-0.3, -0.25) is 4.79 Å². The average Bonchev–Trinajstić information content (AvgIpc) is 3.39. The molecule has 3 aromatic carbocycles. The van der Waals surface area contributed by atoms with Gasteiger partial charge >= 0.3 is 6.03 Å². The van der Waals surface area contributed by atoms with Gasteiger partial charge in [0, 0.05) is 67.6 Å². The minimum Gasteiger partial charge on any atom is -0.368 e. The molecule has 2 N–H and O–H groups in total. The van der Waals surface area contributed by atoms with E-state index in [-0.39, 0.29) is 11.9 Å². The first kappa shape index (κ1) is 24.1. The van der Waals surface area contributed by atoms with Gasteiger partial charge in [-0.25, -0.2) is 4.79 Å². The van der Waals surface area contributed by atoms with Crippen molar-refractivity contribution in [2.45, 2.75) is 25.3 Å². The number of nitrogens with one attached hydrogen (secondary N) is 2. The summed E-state index contributed by atoms with van der Waals surface area (Å²) in [6.45, 7) is 3.41. The third kappa shape index (κ3) is 4.84. The lowest BCUT2D eigenvalue weighted by Crippen LogP contribution is -2.57. The molecule has 7 heteroatoms. The van der Waals surface area contributed by atoms with Crippen LogP contribution in [0.5, 0.6) is 0 Å². The molecular weight excluding hydrogens is 474 g/mol. The van der Waals surface area contributed by atoms with Gasteiger partial charge in [0.1, 0.15) is 6.04 Å². The molecule has 0 aliphatic carbocycles. The molecule has 2 aliphatic heterocycles. The maximum atomic E-state index is 14.1. The molecule has 6 rings (SSSR count). The monoisotopic (exact) mass is 507 g/mol. The van der Waals surface area contributed by atoms with Crippen LogP contribution in [0.25, 0.3) is 10.9 Å². The van der Waals surface area contributed by atoms with Crippen molar-refractivity contribution in [2.24, 2.45) is 0 Å². The number of hydrogen-bond acceptors (Lipinski definition) is 3. The number of amides is 3. The van der Waals surface area contributed by atoms with Crippen LogP contribution in [0, 0.1) is 0 Å². The fourth-order valence-electron chi connectivity index (χ4n) is 5.72. The molecule has 0 unspecified atom stereocenters. The number of para-hydroxylation sites is 3. The number of urea groups is 1. The summed E-state index contributed by atoms with van der Waals surface area (Å²) < 4.78 is 0. The van der Waals surface area contributed by atoms with Gasteiger partial charge in [0.05, 0.1) is 0 Å². The van der Waals surface area contributed by atoms with Crippen molar-refractivity contribution in [3.63, 3.8) is 0 Å². The Labute approximate surface area is 223 Å². The van der Waals surface area contributed by atoms with E-state index in [1.165, 1.54) is 11.3 Å². The van der Waals surface area contributed by atoms with E-state index < -0.39 is 6.04 Å². The highest BCUT2D eigenvalue weighted by atomic mass is 16.2. The first-order valence-corrected chi connectivity index (χ1v) is 13.5. The van der Waals surface area contributed by atoms with Gasteiger partial charge < -0.3 is 25.0 Å². The molecule has 0 saturated carbocycles. The number of aryl methyl sites for hydroxylation is 1. The van der Waals surface area contributed by atoms with Crippen molar-refractivity contribution in [1.29, 1.82) is 0 Å². The second-order valence-electron chi connectivity index (χ2n) is 10.1. The summed E-state index contributed by atoms with van der Waals surface area (Å²) in [6.07, 6.45) is 4.26. The summed E-state index contributed by atoms with van der Waals surface area (Å²) in [5.74, 6) is -0.0568. The average molecular weight is 508 g/mol. The Morgan fingerprint density at radius 1 is 0.842 bits per heavy atom. The first-order chi connectivity index (χ1) is 18.7. The Morgan fingerprint density at radius 3 is 2.42 bits per heavy atom. The molecule has 38 heavy (non-hydrogen) atoms. The minimum atomic E-state index is -0.667. The number of fused-ring (bicyclic) bond motifs is 2. The van der Waals surface area contributed by atoms with Crippen LogP contribution in [0.1, 0.15) is 17.5 Å². The van der Waals surface area contributed by atoms with E-state index in [4.69, 9.17) is 0 Å². The van der Waals surface area contributed by atoms with E-state index in [9.17, 15) is 9.59 Å². The topological polar surface area (TPSA) is 71.7 Å². The Morgan fingerprint density at radius 2 is 1.58 bits per heavy atom. The lowest BCUT2D eigenvalue weighted by atomic mass is 9.99. The van der Waals surface area contributed by atoms with Gasteiger partial charge in [0.2, 0.25) is 5.91 Å². The second kappa shape index (κ2) is 10.6. The lowest BCUT2D eigenvalue weighted by molar-refractivity contribution is -0.120. The first-order valence-electron chi connectivity index (χ1n) is 13.5. The molecule has 1 fully saturated rings. The third-order valence-electron chi connectivity index (χ3n) is 7.76. The summed E-state index contributed by atoms with van der Waals surface area (Å²) in [7, 11) is 0. The zero-order valence-electron chi connectivity index (χ0n) is 21.5. The van der Waals surface area contributed by atoms with Crippen LogP contribution in [0.15, 0.2) is 85.1 Å². The molecule has 3 amide bonds. The maximum absolute atomic E-state index is 14.1. The molecule has 194 valence electrons. The number of hydrogen-bond donors (Lipinski definition) is 2. The van der Waals surface area contributed by atoms with Crippen molar-refractivity contribution >= 4 is 34.2 Å². The van der Waals surface area contributed by atoms with Crippen LogP contribution in [0.3, 0.4) is 0 Å². The van der Waals surface area contributed by atoms with Gasteiger partial charge in [-0.05, 0) is 48.2 Å². The number of aromatic nitrogens is 1. The van der Waals surface area contributed by atoms with E-state index in [0.29, 0.717) is 26.1 Å². The highest BCUT2D eigenvalue weighted by Crippen LogP contribution is 2.28. The smallest absolute Gasteiger partial charge is 0.318 e. The normalized spacial score (nSPS) is 16.3. The molecule has 0 bridgehead atoms. The van der Waals surface area contributed by atoms with Crippen LogP contribution in [0.2, 0.25) is 0 Å². The number of piperazine rings is 1. The highest BCUT2D eigenvalue weighted by molar-refractivity contribution is 6.00. The number of nitrogens with zero attached hydrogens (tertiary/aromatic N) is 3. The molecular formula is C31H33N5O2. The molecule has 1 aromatic heterocycles. The fraction of sp³-hybridized carbons (Fsp3) is 0.290. The van der Waals surface area contributed by atoms with Gasteiger partial charge in [0.15, 0.2) is 0 Å². The zero-order chi connectivity index (χ0) is 25.9. The van der Waals surface area contributed by atoms with Crippen LogP contribution in [-0.2, 0) is 17.6 Å². The predicted octanol–water partition coefficient (Wildman–Crippen LogP) is 4.59. The summed E-state index contributed by atoms with van der Waals surface area (Å²) in [6, 6.07) is 25.6. The molecule has 1 saturated heterocycles. The molecule has 0 spiro atoms. The second-order valence-corrected chi connectivity index (χ2v) is 10.1. The number of carbonyl (C=O) groups excluding carboxylic acids is 2. The molecule has 2 aliphatic rings. The lowest BCUT2D eigenvalue weighted by Gasteiger charge is -2.37. The summed E-state index contributed by atoms with van der Waals surface area (Å²) >= 11 is 0.